The van der Waals surface area contributed by atoms with Gasteiger partial charge in [-0.05, 0) is 32.6 Å². The van der Waals surface area contributed by atoms with E-state index in [1.54, 1.807) is 6.92 Å². The zero-order chi connectivity index (χ0) is 37.2. The zero-order valence-corrected chi connectivity index (χ0v) is 30.6. The molecule has 0 aliphatic heterocycles. The molecular weight excluding hydrogens is 703 g/mol. The Morgan fingerprint density at radius 1 is 0.692 bits per heavy atom. The number of aromatic hydroxyl groups is 2. The summed E-state index contributed by atoms with van der Waals surface area (Å²) >= 11 is 2.65. The van der Waals surface area contributed by atoms with Gasteiger partial charge in [-0.2, -0.15) is 0 Å². The van der Waals surface area contributed by atoms with Crippen LogP contribution in [0.2, 0.25) is 0 Å². The van der Waals surface area contributed by atoms with Gasteiger partial charge in [-0.1, -0.05) is 87.4 Å². The number of nitrogens with zero attached hydrogens (tertiary/aromatic N) is 4. The van der Waals surface area contributed by atoms with E-state index >= 15 is 0 Å². The molecule has 0 spiro atoms. The number of aromatic nitrogens is 4. The Balaban J connectivity index is 0.000000202. The maximum atomic E-state index is 12.3. The van der Waals surface area contributed by atoms with Crippen molar-refractivity contribution in [3.8, 4) is 32.6 Å². The number of aliphatic carboxylic acids is 1. The number of pyridine rings is 2. The first-order valence-corrected chi connectivity index (χ1v) is 18.6. The summed E-state index contributed by atoms with van der Waals surface area (Å²) in [7, 11) is 0. The van der Waals surface area contributed by atoms with E-state index in [0.29, 0.717) is 39.0 Å². The second-order valence-corrected chi connectivity index (χ2v) is 13.6. The summed E-state index contributed by atoms with van der Waals surface area (Å²) in [5, 5.41) is 33.7. The highest BCUT2D eigenvalue weighted by Crippen LogP contribution is 2.40. The molecule has 2 aromatic carbocycles. The van der Waals surface area contributed by atoms with Crippen LogP contribution in [0.5, 0.6) is 11.5 Å². The summed E-state index contributed by atoms with van der Waals surface area (Å²) in [6, 6.07) is 19.4. The van der Waals surface area contributed by atoms with Crippen molar-refractivity contribution in [2.45, 2.75) is 59.3 Å². The highest BCUT2D eigenvalue weighted by molar-refractivity contribution is 7.22. The summed E-state index contributed by atoms with van der Waals surface area (Å²) in [6.45, 7) is 5.57. The molecule has 0 saturated carbocycles. The van der Waals surface area contributed by atoms with E-state index in [2.05, 4.69) is 39.1 Å². The molecule has 0 aliphatic rings. The molecule has 0 radical (unpaired) electrons. The van der Waals surface area contributed by atoms with E-state index in [-0.39, 0.29) is 29.5 Å². The molecule has 12 nitrogen and oxygen atoms in total. The number of carbonyl (C=O) groups is 3. The van der Waals surface area contributed by atoms with Crippen molar-refractivity contribution < 1.29 is 34.4 Å². The highest BCUT2D eigenvalue weighted by atomic mass is 32.1. The lowest BCUT2D eigenvalue weighted by Crippen LogP contribution is -2.30. The van der Waals surface area contributed by atoms with E-state index in [4.69, 9.17) is 9.84 Å². The van der Waals surface area contributed by atoms with Crippen molar-refractivity contribution in [3.05, 3.63) is 83.4 Å². The number of hydrogen-bond donors (Lipinski definition) is 4. The van der Waals surface area contributed by atoms with Gasteiger partial charge in [0.15, 0.2) is 22.9 Å². The zero-order valence-electron chi connectivity index (χ0n) is 29.0. The molecule has 0 fully saturated rings. The van der Waals surface area contributed by atoms with Crippen LogP contribution in [0.25, 0.3) is 41.6 Å². The Hall–Kier alpha value is -5.47. The number of amides is 1. The average molecular weight is 742 g/mol. The Labute approximate surface area is 308 Å². The predicted molar refractivity (Wildman–Crippen MR) is 202 cm³/mol. The maximum absolute atomic E-state index is 12.3. The third-order valence-electron chi connectivity index (χ3n) is 7.83. The molecule has 0 aliphatic carbocycles. The van der Waals surface area contributed by atoms with Crippen molar-refractivity contribution in [1.29, 1.82) is 0 Å². The van der Waals surface area contributed by atoms with Gasteiger partial charge < -0.3 is 25.4 Å². The number of nitrogens with one attached hydrogen (secondary N) is 1. The van der Waals surface area contributed by atoms with Crippen LogP contribution in [0.1, 0.15) is 78.8 Å². The van der Waals surface area contributed by atoms with Gasteiger partial charge in [0, 0.05) is 11.1 Å². The monoisotopic (exact) mass is 741 g/mol. The molecule has 6 rings (SSSR count). The number of carbonyl (C=O) groups excluding carboxylic acids is 2. The molecular formula is C38H39N5O7S2. The molecule has 0 saturated heterocycles. The Morgan fingerprint density at radius 3 is 1.60 bits per heavy atom. The molecule has 6 aromatic rings. The lowest BCUT2D eigenvalue weighted by atomic mass is 10.1. The number of benzene rings is 2. The first kappa shape index (κ1) is 37.8. The molecule has 0 bridgehead atoms. The SMILES string of the molecule is CCCCc1nc(C(=O)NCC(=O)O)c(O)c2sc(-c3ccccc3)nc12.CCCCc1nc(C(=O)OCC)c(O)c2sc(-c3ccccc3)nc12. The molecule has 4 heterocycles. The number of hydrogen-bond acceptors (Lipinski definition) is 12. The minimum Gasteiger partial charge on any atom is -0.504 e. The second-order valence-electron chi connectivity index (χ2n) is 11.6. The third-order valence-corrected chi connectivity index (χ3v) is 10.1. The maximum Gasteiger partial charge on any atom is 0.360 e. The van der Waals surface area contributed by atoms with Crippen molar-refractivity contribution in [2.24, 2.45) is 0 Å². The number of carboxylic acid groups (broad SMARTS) is 1. The number of thiazole rings is 2. The normalized spacial score (nSPS) is 10.9. The molecule has 0 atom stereocenters. The fraction of sp³-hybridized carbons (Fsp3) is 0.289. The molecule has 4 N–H and O–H groups in total. The van der Waals surface area contributed by atoms with E-state index in [1.807, 2.05) is 60.7 Å². The quantitative estimate of drug-likeness (QED) is 0.0847. The summed E-state index contributed by atoms with van der Waals surface area (Å²) < 4.78 is 6.10. The predicted octanol–water partition coefficient (Wildman–Crippen LogP) is 7.80. The summed E-state index contributed by atoms with van der Waals surface area (Å²) in [6.07, 6.45) is 5.07. The average Bonchev–Trinajstić information content (AvgIpc) is 3.82. The lowest BCUT2D eigenvalue weighted by Gasteiger charge is -2.08. The molecule has 1 amide bonds. The third kappa shape index (κ3) is 8.69. The molecule has 0 unspecified atom stereocenters. The minimum atomic E-state index is -1.17. The van der Waals surface area contributed by atoms with Crippen molar-refractivity contribution >= 4 is 61.0 Å². The van der Waals surface area contributed by atoms with Crippen LogP contribution in [0.15, 0.2) is 60.7 Å². The van der Waals surface area contributed by atoms with E-state index in [0.717, 1.165) is 52.5 Å². The van der Waals surface area contributed by atoms with Crippen LogP contribution >= 0.6 is 22.7 Å². The van der Waals surface area contributed by atoms with E-state index in [9.17, 15) is 24.6 Å². The van der Waals surface area contributed by atoms with E-state index < -0.39 is 24.4 Å². The van der Waals surface area contributed by atoms with Gasteiger partial charge in [0.1, 0.15) is 37.0 Å². The van der Waals surface area contributed by atoms with Gasteiger partial charge in [-0.3, -0.25) is 9.59 Å². The van der Waals surface area contributed by atoms with Crippen LogP contribution in [-0.4, -0.2) is 66.3 Å². The lowest BCUT2D eigenvalue weighted by molar-refractivity contribution is -0.135. The van der Waals surface area contributed by atoms with Gasteiger partial charge in [-0.15, -0.1) is 22.7 Å². The van der Waals surface area contributed by atoms with Gasteiger partial charge >= 0.3 is 11.9 Å². The first-order chi connectivity index (χ1) is 25.2. The Morgan fingerprint density at radius 2 is 1.15 bits per heavy atom. The van der Waals surface area contributed by atoms with Gasteiger partial charge in [0.25, 0.3) is 5.91 Å². The standard InChI is InChI=1S/C19H19N3O4S.C19H20N2O3S/c1-2-3-9-12-14-17(27-19(22-14)11-7-5-4-6-8-11)16(25)15(21-12)18(26)20-10-13(23)24;1-3-5-11-13-14-17(16(22)15(20-13)19(23)24-4-2)25-18(21-14)12-9-7-6-8-10-12/h4-8,25H,2-3,9-10H2,1H3,(H,20,26)(H,23,24);6-10,22H,3-5,11H2,1-2H3. The number of unbranched alkanes of at least 4 members (excludes halogenated alkanes) is 2. The number of ether oxygens (including phenoxy) is 1. The fourth-order valence-corrected chi connectivity index (χ4v) is 7.31. The van der Waals surface area contributed by atoms with Gasteiger partial charge in [-0.25, -0.2) is 24.7 Å². The van der Waals surface area contributed by atoms with Crippen molar-refractivity contribution in [2.75, 3.05) is 13.2 Å². The van der Waals surface area contributed by atoms with Crippen LogP contribution in [-0.2, 0) is 22.4 Å². The Kier molecular flexibility index (Phi) is 12.8. The summed E-state index contributed by atoms with van der Waals surface area (Å²) in [5.41, 5.74) is 4.31. The first-order valence-electron chi connectivity index (χ1n) is 17.0. The summed E-state index contributed by atoms with van der Waals surface area (Å²) in [5.74, 6) is -2.90. The smallest absolute Gasteiger partial charge is 0.360 e. The number of fused-ring (bicyclic) bond motifs is 2. The van der Waals surface area contributed by atoms with Crippen LogP contribution in [0.3, 0.4) is 0 Å². The number of rotatable bonds is 13. The second kappa shape index (κ2) is 17.6. The van der Waals surface area contributed by atoms with Crippen LogP contribution < -0.4 is 5.32 Å². The Bertz CT molecular complexity index is 2190. The van der Waals surface area contributed by atoms with Crippen molar-refractivity contribution in [1.82, 2.24) is 25.3 Å². The van der Waals surface area contributed by atoms with Gasteiger partial charge in [0.05, 0.1) is 18.0 Å². The van der Waals surface area contributed by atoms with Crippen LogP contribution in [0.4, 0.5) is 0 Å². The number of carboxylic acids is 1. The minimum absolute atomic E-state index is 0.0243. The molecule has 14 heteroatoms. The van der Waals surface area contributed by atoms with E-state index in [1.165, 1.54) is 22.7 Å². The fourth-order valence-electron chi connectivity index (χ4n) is 5.23. The highest BCUT2D eigenvalue weighted by Gasteiger charge is 2.24. The van der Waals surface area contributed by atoms with Gasteiger partial charge in [0.2, 0.25) is 0 Å². The van der Waals surface area contributed by atoms with Crippen LogP contribution in [0, 0.1) is 0 Å². The largest absolute Gasteiger partial charge is 0.504 e. The van der Waals surface area contributed by atoms with Crippen molar-refractivity contribution in [3.63, 3.8) is 0 Å². The number of esters is 1. The topological polar surface area (TPSA) is 185 Å². The molecule has 4 aromatic heterocycles. The summed E-state index contributed by atoms with van der Waals surface area (Å²) in [4.78, 5) is 53.2. The molecule has 270 valence electrons. The molecule has 52 heavy (non-hydrogen) atoms. The number of aryl methyl sites for hydroxylation is 2.